The lowest BCUT2D eigenvalue weighted by atomic mass is 10.1. The average molecular weight is 280 g/mol. The lowest BCUT2D eigenvalue weighted by Crippen LogP contribution is -2.12. The number of aliphatic hydroxyl groups excluding tert-OH is 1. The van der Waals surface area contributed by atoms with Crippen LogP contribution in [0.5, 0.6) is 0 Å². The Balaban J connectivity index is 3.89. The van der Waals surface area contributed by atoms with Gasteiger partial charge in [0.2, 0.25) is 0 Å². The molecule has 1 unspecified atom stereocenters. The largest absolute Gasteiger partial charge is 0.380 e. The molecule has 0 aliphatic heterocycles. The van der Waals surface area contributed by atoms with Crippen LogP contribution in [0.4, 0.5) is 0 Å². The van der Waals surface area contributed by atoms with Crippen LogP contribution in [0.1, 0.15) is 65.7 Å². The summed E-state index contributed by atoms with van der Waals surface area (Å²) in [5, 5.41) is 9.92. The van der Waals surface area contributed by atoms with Gasteiger partial charge in [0.1, 0.15) is 0 Å². The van der Waals surface area contributed by atoms with Gasteiger partial charge in [-0.2, -0.15) is 0 Å². The summed E-state index contributed by atoms with van der Waals surface area (Å²) in [5.41, 5.74) is 0. The van der Waals surface area contributed by atoms with Crippen molar-refractivity contribution in [3.8, 4) is 0 Å². The monoisotopic (exact) mass is 280 g/mol. The molecular formula is C13H29O4P. The molecule has 0 amide bonds. The maximum atomic E-state index is 12.2. The Morgan fingerprint density at radius 1 is 0.944 bits per heavy atom. The molecule has 0 heterocycles. The molecule has 1 atom stereocenters. The first kappa shape index (κ1) is 18.1. The van der Waals surface area contributed by atoms with Crippen LogP contribution in [0.25, 0.3) is 0 Å². The number of rotatable bonds is 12. The average Bonchev–Trinajstić information content (AvgIpc) is 2.34. The fourth-order valence-corrected chi connectivity index (χ4v) is 3.47. The number of unbranched alkanes of at least 4 members (excludes halogenated alkanes) is 5. The Labute approximate surface area is 112 Å². The molecule has 0 aromatic carbocycles. The molecule has 110 valence electrons. The van der Waals surface area contributed by atoms with Crippen LogP contribution < -0.4 is 0 Å². The molecule has 0 fully saturated rings. The summed E-state index contributed by atoms with van der Waals surface area (Å²) >= 11 is 0. The maximum absolute atomic E-state index is 12.2. The molecule has 0 spiro atoms. The first-order chi connectivity index (χ1) is 8.60. The van der Waals surface area contributed by atoms with Gasteiger partial charge in [-0.05, 0) is 20.3 Å². The molecule has 0 aliphatic rings. The fourth-order valence-electron chi connectivity index (χ4n) is 1.83. The van der Waals surface area contributed by atoms with E-state index < -0.39 is 13.4 Å². The van der Waals surface area contributed by atoms with Crippen LogP contribution in [-0.2, 0) is 13.6 Å². The summed E-state index contributed by atoms with van der Waals surface area (Å²) in [6, 6.07) is 0. The van der Waals surface area contributed by atoms with Crippen molar-refractivity contribution in [2.75, 3.05) is 13.2 Å². The Bertz CT molecular complexity index is 223. The predicted octanol–water partition coefficient (Wildman–Crippen LogP) is 4.32. The Morgan fingerprint density at radius 2 is 1.44 bits per heavy atom. The number of aliphatic hydroxyl groups is 1. The molecule has 0 aromatic heterocycles. The van der Waals surface area contributed by atoms with E-state index in [4.69, 9.17) is 9.05 Å². The van der Waals surface area contributed by atoms with Gasteiger partial charge in [-0.25, -0.2) is 0 Å². The molecule has 0 rings (SSSR count). The van der Waals surface area contributed by atoms with Gasteiger partial charge < -0.3 is 14.2 Å². The normalized spacial score (nSPS) is 13.8. The van der Waals surface area contributed by atoms with Crippen LogP contribution in [0.15, 0.2) is 0 Å². The summed E-state index contributed by atoms with van der Waals surface area (Å²) in [6.07, 6.45) is 7.33. The van der Waals surface area contributed by atoms with Gasteiger partial charge in [0.05, 0.1) is 13.2 Å². The topological polar surface area (TPSA) is 55.8 Å². The Kier molecular flexibility index (Phi) is 11.0. The molecule has 0 radical (unpaired) electrons. The molecule has 0 saturated carbocycles. The summed E-state index contributed by atoms with van der Waals surface area (Å²) in [5.74, 6) is -0.983. The third-order valence-corrected chi connectivity index (χ3v) is 5.02. The zero-order valence-electron chi connectivity index (χ0n) is 12.1. The molecular weight excluding hydrogens is 251 g/mol. The SMILES string of the molecule is CCCCCCCCC(O)P(=O)(OCC)OCC. The summed E-state index contributed by atoms with van der Waals surface area (Å²) in [7, 11) is -3.32. The van der Waals surface area contributed by atoms with Gasteiger partial charge in [-0.1, -0.05) is 45.4 Å². The molecule has 5 heteroatoms. The van der Waals surface area contributed by atoms with Crippen LogP contribution >= 0.6 is 7.60 Å². The minimum atomic E-state index is -3.32. The van der Waals surface area contributed by atoms with Crippen molar-refractivity contribution in [2.45, 2.75) is 71.6 Å². The smallest absolute Gasteiger partial charge is 0.358 e. The van der Waals surface area contributed by atoms with E-state index in [1.54, 1.807) is 13.8 Å². The van der Waals surface area contributed by atoms with Crippen LogP contribution in [0.3, 0.4) is 0 Å². The van der Waals surface area contributed by atoms with E-state index in [0.29, 0.717) is 19.6 Å². The van der Waals surface area contributed by atoms with Gasteiger partial charge in [0, 0.05) is 0 Å². The first-order valence-corrected chi connectivity index (χ1v) is 8.78. The fraction of sp³-hybridized carbons (Fsp3) is 1.00. The molecule has 0 bridgehead atoms. The first-order valence-electron chi connectivity index (χ1n) is 7.17. The zero-order chi connectivity index (χ0) is 13.9. The van der Waals surface area contributed by atoms with E-state index in [2.05, 4.69) is 6.92 Å². The molecule has 1 N–H and O–H groups in total. The lowest BCUT2D eigenvalue weighted by Gasteiger charge is -2.22. The number of hydrogen-bond acceptors (Lipinski definition) is 4. The van der Waals surface area contributed by atoms with Crippen molar-refractivity contribution in [3.63, 3.8) is 0 Å². The van der Waals surface area contributed by atoms with Gasteiger partial charge in [0.15, 0.2) is 5.85 Å². The zero-order valence-corrected chi connectivity index (χ0v) is 13.0. The molecule has 4 nitrogen and oxygen atoms in total. The minimum absolute atomic E-state index is 0.296. The predicted molar refractivity (Wildman–Crippen MR) is 74.9 cm³/mol. The Morgan fingerprint density at radius 3 is 1.94 bits per heavy atom. The lowest BCUT2D eigenvalue weighted by molar-refractivity contribution is 0.142. The van der Waals surface area contributed by atoms with Crippen LogP contribution in [0, 0.1) is 0 Å². The summed E-state index contributed by atoms with van der Waals surface area (Å²) < 4.78 is 22.4. The molecule has 0 aliphatic carbocycles. The highest BCUT2D eigenvalue weighted by molar-refractivity contribution is 7.54. The molecule has 18 heavy (non-hydrogen) atoms. The van der Waals surface area contributed by atoms with Crippen molar-refractivity contribution >= 4 is 7.60 Å². The highest BCUT2D eigenvalue weighted by Crippen LogP contribution is 2.53. The van der Waals surface area contributed by atoms with Crippen LogP contribution in [0.2, 0.25) is 0 Å². The summed E-state index contributed by atoms with van der Waals surface area (Å²) in [6.45, 7) is 6.28. The molecule has 0 saturated heterocycles. The van der Waals surface area contributed by atoms with E-state index in [1.165, 1.54) is 25.7 Å². The quantitative estimate of drug-likeness (QED) is 0.427. The minimum Gasteiger partial charge on any atom is -0.380 e. The van der Waals surface area contributed by atoms with Crippen molar-refractivity contribution in [2.24, 2.45) is 0 Å². The number of hydrogen-bond donors (Lipinski definition) is 1. The van der Waals surface area contributed by atoms with Crippen molar-refractivity contribution in [3.05, 3.63) is 0 Å². The van der Waals surface area contributed by atoms with E-state index >= 15 is 0 Å². The van der Waals surface area contributed by atoms with Gasteiger partial charge in [-0.15, -0.1) is 0 Å². The van der Waals surface area contributed by atoms with Crippen LogP contribution in [-0.4, -0.2) is 24.2 Å². The van der Waals surface area contributed by atoms with Gasteiger partial charge in [-0.3, -0.25) is 4.57 Å². The van der Waals surface area contributed by atoms with E-state index in [-0.39, 0.29) is 0 Å². The van der Waals surface area contributed by atoms with Crippen molar-refractivity contribution in [1.82, 2.24) is 0 Å². The Hall–Kier alpha value is 0.110. The second-order valence-electron chi connectivity index (χ2n) is 4.41. The second kappa shape index (κ2) is 11.0. The third kappa shape index (κ3) is 7.52. The standard InChI is InChI=1S/C13H29O4P/c1-4-7-8-9-10-11-12-13(14)18(15,16-5-2)17-6-3/h13-14H,4-12H2,1-3H3. The second-order valence-corrected chi connectivity index (χ2v) is 6.60. The maximum Gasteiger partial charge on any atom is 0.358 e. The highest BCUT2D eigenvalue weighted by atomic mass is 31.2. The van der Waals surface area contributed by atoms with E-state index in [9.17, 15) is 9.67 Å². The van der Waals surface area contributed by atoms with Gasteiger partial charge in [0.25, 0.3) is 0 Å². The van der Waals surface area contributed by atoms with Crippen molar-refractivity contribution < 1.29 is 18.7 Å². The van der Waals surface area contributed by atoms with Crippen molar-refractivity contribution in [1.29, 1.82) is 0 Å². The van der Waals surface area contributed by atoms with Gasteiger partial charge >= 0.3 is 7.60 Å². The van der Waals surface area contributed by atoms with E-state index in [1.807, 2.05) is 0 Å². The highest BCUT2D eigenvalue weighted by Gasteiger charge is 2.33. The third-order valence-electron chi connectivity index (χ3n) is 2.80. The summed E-state index contributed by atoms with van der Waals surface area (Å²) in [4.78, 5) is 0. The molecule has 0 aromatic rings. The van der Waals surface area contributed by atoms with E-state index in [0.717, 1.165) is 12.8 Å².